The van der Waals surface area contributed by atoms with E-state index < -0.39 is 49.0 Å². The predicted octanol–water partition coefficient (Wildman–Crippen LogP) is 3.61. The highest BCUT2D eigenvalue weighted by Crippen LogP contribution is 2.23. The van der Waals surface area contributed by atoms with Crippen molar-refractivity contribution in [2.24, 2.45) is 0 Å². The Hall–Kier alpha value is -1.34. The zero-order valence-electron chi connectivity index (χ0n) is 28.3. The van der Waals surface area contributed by atoms with Crippen LogP contribution in [-0.2, 0) is 19.1 Å². The first-order valence-electron chi connectivity index (χ1n) is 17.8. The molecule has 8 atom stereocenters. The fraction of sp³-hybridized carbons (Fsp3) is 0.941. The van der Waals surface area contributed by atoms with Crippen LogP contribution in [0.5, 0.6) is 0 Å². The Balaban J connectivity index is 2.61. The largest absolute Gasteiger partial charge is 0.390 e. The molecule has 0 aliphatic carbocycles. The number of aliphatic hydroxyl groups excluding tert-OH is 5. The zero-order chi connectivity index (χ0) is 33.5. The van der Waals surface area contributed by atoms with Crippen LogP contribution in [0, 0.1) is 0 Å². The van der Waals surface area contributed by atoms with Crippen LogP contribution in [0.2, 0.25) is 0 Å². The molecule has 0 unspecified atom stereocenters. The van der Waals surface area contributed by atoms with Crippen LogP contribution in [0.25, 0.3) is 0 Å². The molecule has 45 heavy (non-hydrogen) atoms. The van der Waals surface area contributed by atoms with Crippen molar-refractivity contribution in [3.63, 3.8) is 0 Å². The maximum absolute atomic E-state index is 12.7. The lowest BCUT2D eigenvalue weighted by molar-refractivity contribution is -0.297. The molecule has 0 aromatic heterocycles. The number of rotatable bonds is 27. The summed E-state index contributed by atoms with van der Waals surface area (Å²) in [6, 6.07) is -0.992. The average Bonchev–Trinajstić information content (AvgIpc) is 3.02. The molecule has 11 nitrogen and oxygen atoms in total. The fourth-order valence-electron chi connectivity index (χ4n) is 5.69. The molecule has 0 aromatic carbocycles. The van der Waals surface area contributed by atoms with Crippen molar-refractivity contribution in [2.75, 3.05) is 13.2 Å². The molecule has 1 aliphatic rings. The van der Waals surface area contributed by atoms with Gasteiger partial charge in [0.2, 0.25) is 11.8 Å². The van der Waals surface area contributed by atoms with Crippen molar-refractivity contribution in [1.29, 1.82) is 0 Å². The molecule has 1 aliphatic heterocycles. The van der Waals surface area contributed by atoms with Gasteiger partial charge < -0.3 is 45.6 Å². The molecule has 1 saturated heterocycles. The van der Waals surface area contributed by atoms with Gasteiger partial charge in [-0.05, 0) is 12.8 Å². The number of carbonyl (C=O) groups is 2. The van der Waals surface area contributed by atoms with Gasteiger partial charge in [-0.1, -0.05) is 117 Å². The second-order valence-electron chi connectivity index (χ2n) is 12.9. The third-order valence-electron chi connectivity index (χ3n) is 8.67. The molecule has 1 heterocycles. The second-order valence-corrected chi connectivity index (χ2v) is 12.9. The van der Waals surface area contributed by atoms with Crippen molar-refractivity contribution in [2.45, 2.75) is 192 Å². The van der Waals surface area contributed by atoms with Gasteiger partial charge in [-0.15, -0.1) is 0 Å². The summed E-state index contributed by atoms with van der Waals surface area (Å²) < 4.78 is 11.3. The monoisotopic (exact) mass is 646 g/mol. The molecule has 7 N–H and O–H groups in total. The average molecular weight is 647 g/mol. The van der Waals surface area contributed by atoms with E-state index in [4.69, 9.17) is 9.47 Å². The number of nitrogens with one attached hydrogen (secondary N) is 2. The highest BCUT2D eigenvalue weighted by Gasteiger charge is 2.44. The van der Waals surface area contributed by atoms with Crippen molar-refractivity contribution in [3.8, 4) is 0 Å². The number of aliphatic hydroxyl groups is 5. The number of ether oxygens (including phenoxy) is 2. The third kappa shape index (κ3) is 18.6. The number of amides is 2. The van der Waals surface area contributed by atoms with Crippen molar-refractivity contribution >= 4 is 11.8 Å². The summed E-state index contributed by atoms with van der Waals surface area (Å²) >= 11 is 0. The van der Waals surface area contributed by atoms with Gasteiger partial charge in [0.1, 0.15) is 30.5 Å². The number of hydrogen-bond acceptors (Lipinski definition) is 9. The van der Waals surface area contributed by atoms with Crippen LogP contribution in [0.1, 0.15) is 143 Å². The molecule has 0 spiro atoms. The predicted molar refractivity (Wildman–Crippen MR) is 174 cm³/mol. The minimum atomic E-state index is -1.60. The van der Waals surface area contributed by atoms with Crippen LogP contribution in [0.15, 0.2) is 0 Å². The Morgan fingerprint density at radius 3 is 1.78 bits per heavy atom. The first-order valence-corrected chi connectivity index (χ1v) is 17.8. The quantitative estimate of drug-likeness (QED) is 0.0657. The number of unbranched alkanes of at least 4 members (excludes halogenated alkanes) is 15. The Labute approximate surface area is 271 Å². The SMILES string of the molecule is CCCCCCCCCCCCCC[C@@H](O)[C@@H](O)[C@H](CO[C@H]1O[C@H](CNC(C)=O)[C@H](O)[C@H](O)[C@H]1O)NC(=O)CCCCCCC. The summed E-state index contributed by atoms with van der Waals surface area (Å²) in [5.74, 6) is -0.632. The van der Waals surface area contributed by atoms with E-state index in [0.29, 0.717) is 12.8 Å². The van der Waals surface area contributed by atoms with E-state index in [1.165, 1.54) is 58.3 Å². The summed E-state index contributed by atoms with van der Waals surface area (Å²) in [6.45, 7) is 5.23. The number of hydrogen-bond donors (Lipinski definition) is 7. The van der Waals surface area contributed by atoms with E-state index in [0.717, 1.165) is 51.4 Å². The Kier molecular flexibility index (Phi) is 23.8. The Bertz CT molecular complexity index is 759. The lowest BCUT2D eigenvalue weighted by atomic mass is 9.98. The summed E-state index contributed by atoms with van der Waals surface area (Å²) in [7, 11) is 0. The molecule has 0 aromatic rings. The lowest BCUT2D eigenvalue weighted by Gasteiger charge is -2.41. The van der Waals surface area contributed by atoms with Gasteiger partial charge in [0.05, 0.1) is 18.8 Å². The Morgan fingerprint density at radius 1 is 0.733 bits per heavy atom. The number of carbonyl (C=O) groups excluding carboxylic acids is 2. The molecule has 1 fully saturated rings. The molecular formula is C34H66N2O9. The summed E-state index contributed by atoms with van der Waals surface area (Å²) in [6.07, 6.45) is 10.3. The van der Waals surface area contributed by atoms with Crippen LogP contribution in [-0.4, -0.2) is 99.5 Å². The molecule has 2 amide bonds. The van der Waals surface area contributed by atoms with E-state index in [1.807, 2.05) is 0 Å². The van der Waals surface area contributed by atoms with Crippen LogP contribution in [0.4, 0.5) is 0 Å². The maximum Gasteiger partial charge on any atom is 0.220 e. The van der Waals surface area contributed by atoms with E-state index in [1.54, 1.807) is 0 Å². The van der Waals surface area contributed by atoms with Gasteiger partial charge in [-0.2, -0.15) is 0 Å². The van der Waals surface area contributed by atoms with E-state index in [-0.39, 0.29) is 31.4 Å². The normalized spacial score (nSPS) is 23.8. The Morgan fingerprint density at radius 2 is 1.24 bits per heavy atom. The standard InChI is InChI=1S/C34H66N2O9/c1-4-6-8-10-11-12-13-14-15-16-18-19-21-27(38)30(40)26(36-29(39)22-20-17-9-7-5-2)24-44-34-33(43)32(42)31(41)28(45-34)23-35-25(3)37/h26-28,30-34,38,40-43H,4-24H2,1-3H3,(H,35,37)(H,36,39)/t26-,27+,28+,30-,31-,32-,33+,34-/m0/s1. The van der Waals surface area contributed by atoms with E-state index >= 15 is 0 Å². The summed E-state index contributed by atoms with van der Waals surface area (Å²) in [5, 5.41) is 58.2. The van der Waals surface area contributed by atoms with Crippen molar-refractivity contribution < 1.29 is 44.6 Å². The van der Waals surface area contributed by atoms with Gasteiger partial charge in [0, 0.05) is 19.9 Å². The molecule has 266 valence electrons. The minimum absolute atomic E-state index is 0.112. The van der Waals surface area contributed by atoms with Crippen LogP contribution >= 0.6 is 0 Å². The van der Waals surface area contributed by atoms with Gasteiger partial charge in [0.25, 0.3) is 0 Å². The minimum Gasteiger partial charge on any atom is -0.390 e. The van der Waals surface area contributed by atoms with Gasteiger partial charge in [-0.3, -0.25) is 9.59 Å². The van der Waals surface area contributed by atoms with Gasteiger partial charge in [-0.25, -0.2) is 0 Å². The molecule has 1 rings (SSSR count). The highest BCUT2D eigenvalue weighted by molar-refractivity contribution is 5.76. The summed E-state index contributed by atoms with van der Waals surface area (Å²) in [5.41, 5.74) is 0. The molecule has 0 radical (unpaired) electrons. The molecule has 0 bridgehead atoms. The van der Waals surface area contributed by atoms with Crippen LogP contribution < -0.4 is 10.6 Å². The van der Waals surface area contributed by atoms with Gasteiger partial charge >= 0.3 is 0 Å². The van der Waals surface area contributed by atoms with Crippen molar-refractivity contribution in [1.82, 2.24) is 10.6 Å². The fourth-order valence-corrected chi connectivity index (χ4v) is 5.69. The lowest BCUT2D eigenvalue weighted by Crippen LogP contribution is -2.61. The third-order valence-corrected chi connectivity index (χ3v) is 8.67. The highest BCUT2D eigenvalue weighted by atomic mass is 16.7. The van der Waals surface area contributed by atoms with Crippen molar-refractivity contribution in [3.05, 3.63) is 0 Å². The first kappa shape index (κ1) is 41.7. The second kappa shape index (κ2) is 25.7. The maximum atomic E-state index is 12.7. The first-order chi connectivity index (χ1) is 21.6. The smallest absolute Gasteiger partial charge is 0.220 e. The molecule has 11 heteroatoms. The van der Waals surface area contributed by atoms with Crippen LogP contribution in [0.3, 0.4) is 0 Å². The molecular weight excluding hydrogens is 580 g/mol. The molecule has 0 saturated carbocycles. The van der Waals surface area contributed by atoms with E-state index in [9.17, 15) is 35.1 Å². The van der Waals surface area contributed by atoms with Gasteiger partial charge in [0.15, 0.2) is 6.29 Å². The topological polar surface area (TPSA) is 178 Å². The zero-order valence-corrected chi connectivity index (χ0v) is 28.3. The summed E-state index contributed by atoms with van der Waals surface area (Å²) in [4.78, 5) is 24.1. The van der Waals surface area contributed by atoms with E-state index in [2.05, 4.69) is 24.5 Å².